The van der Waals surface area contributed by atoms with Crippen LogP contribution in [0.4, 0.5) is 0 Å². The van der Waals surface area contributed by atoms with E-state index < -0.39 is 21.3 Å². The molecule has 1 heterocycles. The fraction of sp³-hybridized carbons (Fsp3) is 0.261. The maximum Gasteiger partial charge on any atom is 0.332 e. The van der Waals surface area contributed by atoms with Crippen molar-refractivity contribution in [3.63, 3.8) is 0 Å². The minimum atomic E-state index is -3.46. The molecule has 174 valence electrons. The Morgan fingerprint density at radius 1 is 1.12 bits per heavy atom. The van der Waals surface area contributed by atoms with Gasteiger partial charge >= 0.3 is 5.69 Å². The van der Waals surface area contributed by atoms with E-state index >= 15 is 0 Å². The zero-order valence-electron chi connectivity index (χ0n) is 19.0. The molecule has 0 unspecified atom stereocenters. The lowest BCUT2D eigenvalue weighted by atomic mass is 9.83. The number of methoxy groups -OCH3 is 1. The van der Waals surface area contributed by atoms with Gasteiger partial charge in [0.05, 0.1) is 25.3 Å². The van der Waals surface area contributed by atoms with Crippen molar-refractivity contribution in [2.45, 2.75) is 26.2 Å². The molecule has 2 aromatic carbocycles. The number of hydrazone groups is 1. The maximum absolute atomic E-state index is 12.5. The quantitative estimate of drug-likeness (QED) is 0.423. The topological polar surface area (TPSA) is 123 Å². The molecule has 0 amide bonds. The van der Waals surface area contributed by atoms with Gasteiger partial charge in [0.1, 0.15) is 5.75 Å². The van der Waals surface area contributed by atoms with Gasteiger partial charge in [-0.25, -0.2) is 18.0 Å². The number of hydrogen-bond donors (Lipinski definition) is 2. The summed E-state index contributed by atoms with van der Waals surface area (Å²) in [7, 11) is -1.87. The van der Waals surface area contributed by atoms with E-state index in [9.17, 15) is 18.0 Å². The average Bonchev–Trinajstić information content (AvgIpc) is 2.71. The number of aromatic amines is 1. The Labute approximate surface area is 191 Å². The molecule has 3 rings (SSSR count). The van der Waals surface area contributed by atoms with E-state index in [-0.39, 0.29) is 5.41 Å². The van der Waals surface area contributed by atoms with Crippen molar-refractivity contribution in [1.82, 2.24) is 14.4 Å². The van der Waals surface area contributed by atoms with E-state index in [0.717, 1.165) is 22.9 Å². The van der Waals surface area contributed by atoms with Gasteiger partial charge in [-0.15, -0.1) is 0 Å². The highest BCUT2D eigenvalue weighted by Crippen LogP contribution is 2.41. The highest BCUT2D eigenvalue weighted by molar-refractivity contribution is 7.88. The van der Waals surface area contributed by atoms with Crippen LogP contribution in [0.2, 0.25) is 0 Å². The lowest BCUT2D eigenvalue weighted by molar-refractivity contribution is 0.399. The van der Waals surface area contributed by atoms with Gasteiger partial charge in [0.25, 0.3) is 5.56 Å². The Hall–Kier alpha value is -3.66. The van der Waals surface area contributed by atoms with Crippen LogP contribution in [-0.4, -0.2) is 37.5 Å². The van der Waals surface area contributed by atoms with Crippen LogP contribution in [0.1, 0.15) is 31.9 Å². The van der Waals surface area contributed by atoms with E-state index in [1.54, 1.807) is 19.2 Å². The van der Waals surface area contributed by atoms with Crippen LogP contribution in [0.25, 0.3) is 16.8 Å². The van der Waals surface area contributed by atoms with Gasteiger partial charge in [0, 0.05) is 23.4 Å². The Bertz CT molecular complexity index is 1430. The summed E-state index contributed by atoms with van der Waals surface area (Å²) >= 11 is 0. The zero-order valence-corrected chi connectivity index (χ0v) is 19.9. The molecule has 1 aromatic heterocycles. The van der Waals surface area contributed by atoms with Crippen molar-refractivity contribution < 1.29 is 13.2 Å². The molecule has 3 aromatic rings. The smallest absolute Gasteiger partial charge is 0.332 e. The summed E-state index contributed by atoms with van der Waals surface area (Å²) in [5.41, 5.74) is 2.25. The molecule has 0 bridgehead atoms. The minimum absolute atomic E-state index is 0.319. The average molecular weight is 471 g/mol. The van der Waals surface area contributed by atoms with Crippen molar-refractivity contribution in [3.8, 4) is 22.6 Å². The van der Waals surface area contributed by atoms with Crippen LogP contribution in [0, 0.1) is 0 Å². The van der Waals surface area contributed by atoms with Crippen LogP contribution < -0.4 is 20.8 Å². The van der Waals surface area contributed by atoms with Crippen LogP contribution in [-0.2, 0) is 15.4 Å². The highest BCUT2D eigenvalue weighted by Gasteiger charge is 2.24. The Balaban J connectivity index is 2.23. The van der Waals surface area contributed by atoms with E-state index in [4.69, 9.17) is 4.74 Å². The summed E-state index contributed by atoms with van der Waals surface area (Å²) in [5, 5.41) is 3.76. The molecule has 0 atom stereocenters. The molecule has 0 radical (unpaired) electrons. The SMILES string of the molecule is COc1c(-c2cccc(C=NNS(C)(=O)=O)c2)cc(-n2ccc(=O)[nH]c2=O)cc1C(C)(C)C. The number of H-pyrrole nitrogens is 1. The number of nitrogens with one attached hydrogen (secondary N) is 2. The molecule has 0 fully saturated rings. The Morgan fingerprint density at radius 3 is 2.45 bits per heavy atom. The van der Waals surface area contributed by atoms with Crippen LogP contribution >= 0.6 is 0 Å². The highest BCUT2D eigenvalue weighted by atomic mass is 32.2. The Kier molecular flexibility index (Phi) is 6.59. The van der Waals surface area contributed by atoms with E-state index in [0.29, 0.717) is 17.0 Å². The number of ether oxygens (including phenoxy) is 1. The second kappa shape index (κ2) is 9.07. The van der Waals surface area contributed by atoms with Crippen molar-refractivity contribution in [1.29, 1.82) is 0 Å². The Morgan fingerprint density at radius 2 is 1.85 bits per heavy atom. The summed E-state index contributed by atoms with van der Waals surface area (Å²) in [6, 6.07) is 12.3. The lowest BCUT2D eigenvalue weighted by Crippen LogP contribution is -2.27. The number of aromatic nitrogens is 2. The molecule has 0 aliphatic carbocycles. The summed E-state index contributed by atoms with van der Waals surface area (Å²) < 4.78 is 29.7. The number of hydrogen-bond acceptors (Lipinski definition) is 6. The number of nitrogens with zero attached hydrogens (tertiary/aromatic N) is 2. The summed E-state index contributed by atoms with van der Waals surface area (Å²) in [6.07, 6.45) is 3.85. The molecule has 2 N–H and O–H groups in total. The fourth-order valence-electron chi connectivity index (χ4n) is 3.35. The first-order chi connectivity index (χ1) is 15.4. The van der Waals surface area contributed by atoms with Crippen LogP contribution in [0.3, 0.4) is 0 Å². The van der Waals surface area contributed by atoms with Gasteiger partial charge < -0.3 is 4.74 Å². The molecular weight excluding hydrogens is 444 g/mol. The fourth-order valence-corrected chi connectivity index (χ4v) is 3.59. The predicted octanol–water partition coefficient (Wildman–Crippen LogP) is 2.38. The molecule has 0 saturated carbocycles. The summed E-state index contributed by atoms with van der Waals surface area (Å²) in [4.78, 5) is 28.3. The van der Waals surface area contributed by atoms with Crippen molar-refractivity contribution in [2.24, 2.45) is 5.10 Å². The molecular formula is C23H26N4O5S. The summed E-state index contributed by atoms with van der Waals surface area (Å²) in [6.45, 7) is 6.11. The third-order valence-electron chi connectivity index (χ3n) is 4.82. The zero-order chi connectivity index (χ0) is 24.4. The first-order valence-corrected chi connectivity index (χ1v) is 11.9. The first-order valence-electron chi connectivity index (χ1n) is 10.0. The van der Waals surface area contributed by atoms with Crippen LogP contribution in [0.15, 0.2) is 63.4 Å². The molecule has 0 spiro atoms. The van der Waals surface area contributed by atoms with Gasteiger partial charge in [-0.2, -0.15) is 5.10 Å². The van der Waals surface area contributed by atoms with Crippen molar-refractivity contribution >= 4 is 16.2 Å². The lowest BCUT2D eigenvalue weighted by Gasteiger charge is -2.25. The molecule has 0 aliphatic heterocycles. The normalized spacial score (nSPS) is 12.2. The van der Waals surface area contributed by atoms with E-state index in [2.05, 4.69) is 14.9 Å². The largest absolute Gasteiger partial charge is 0.496 e. The molecule has 10 heteroatoms. The van der Waals surface area contributed by atoms with Gasteiger partial charge in [-0.1, -0.05) is 39.0 Å². The molecule has 33 heavy (non-hydrogen) atoms. The summed E-state index contributed by atoms with van der Waals surface area (Å²) in [5.74, 6) is 0.645. The number of rotatable bonds is 6. The van der Waals surface area contributed by atoms with Gasteiger partial charge in [0.15, 0.2) is 0 Å². The molecule has 0 saturated heterocycles. The van der Waals surface area contributed by atoms with Gasteiger partial charge in [-0.05, 0) is 34.7 Å². The number of benzene rings is 2. The standard InChI is InChI=1S/C23H26N4O5S/c1-23(2,3)19-13-17(27-10-9-20(28)25-22(27)29)12-18(21(19)32-4)16-8-6-7-15(11-16)14-24-26-33(5,30)31/h6-14,26H,1-5H3,(H,25,28,29). The molecule has 9 nitrogen and oxygen atoms in total. The molecule has 0 aliphatic rings. The van der Waals surface area contributed by atoms with Crippen molar-refractivity contribution in [3.05, 3.63) is 80.6 Å². The van der Waals surface area contributed by atoms with Gasteiger partial charge in [-0.3, -0.25) is 14.3 Å². The van der Waals surface area contributed by atoms with E-state index in [1.165, 1.54) is 23.0 Å². The second-order valence-corrected chi connectivity index (χ2v) is 10.3. The monoisotopic (exact) mass is 470 g/mol. The minimum Gasteiger partial charge on any atom is -0.496 e. The van der Waals surface area contributed by atoms with Gasteiger partial charge in [0.2, 0.25) is 10.0 Å². The maximum atomic E-state index is 12.5. The third kappa shape index (κ3) is 5.78. The first kappa shape index (κ1) is 24.0. The van der Waals surface area contributed by atoms with Crippen LogP contribution in [0.5, 0.6) is 5.75 Å². The van der Waals surface area contributed by atoms with Crippen molar-refractivity contribution in [2.75, 3.05) is 13.4 Å². The predicted molar refractivity (Wildman–Crippen MR) is 129 cm³/mol. The number of sulfonamides is 1. The second-order valence-electron chi connectivity index (χ2n) is 8.55. The van der Waals surface area contributed by atoms with E-state index in [1.807, 2.05) is 45.0 Å². The third-order valence-corrected chi connectivity index (χ3v) is 5.25.